The molecule has 90 valence electrons. The standard InChI is InChI=1S/C12H24O3/c1-4-13-10-9-12(14-5-2,15-6-3)11-7-8-11/h11H,4-10H2,1-3H3. The summed E-state index contributed by atoms with van der Waals surface area (Å²) in [6.07, 6.45) is 3.31. The summed E-state index contributed by atoms with van der Waals surface area (Å²) in [5.74, 6) is 0.219. The van der Waals surface area contributed by atoms with Crippen LogP contribution in [-0.4, -0.2) is 32.2 Å². The van der Waals surface area contributed by atoms with Gasteiger partial charge in [-0.3, -0.25) is 0 Å². The molecule has 0 amide bonds. The highest BCUT2D eigenvalue weighted by Crippen LogP contribution is 2.44. The highest BCUT2D eigenvalue weighted by Gasteiger charge is 2.46. The second kappa shape index (κ2) is 6.46. The number of hydrogen-bond donors (Lipinski definition) is 0. The van der Waals surface area contributed by atoms with Crippen LogP contribution in [0.2, 0.25) is 0 Å². The zero-order valence-electron chi connectivity index (χ0n) is 10.3. The van der Waals surface area contributed by atoms with E-state index in [9.17, 15) is 0 Å². The zero-order valence-corrected chi connectivity index (χ0v) is 10.3. The fourth-order valence-electron chi connectivity index (χ4n) is 2.00. The van der Waals surface area contributed by atoms with E-state index >= 15 is 0 Å². The highest BCUT2D eigenvalue weighted by molar-refractivity contribution is 4.89. The largest absolute Gasteiger partial charge is 0.382 e. The normalized spacial score (nSPS) is 17.0. The minimum atomic E-state index is -0.362. The summed E-state index contributed by atoms with van der Waals surface area (Å²) >= 11 is 0. The van der Waals surface area contributed by atoms with E-state index in [2.05, 4.69) is 0 Å². The van der Waals surface area contributed by atoms with E-state index in [-0.39, 0.29) is 5.79 Å². The molecule has 1 saturated carbocycles. The van der Waals surface area contributed by atoms with E-state index in [0.29, 0.717) is 19.1 Å². The molecule has 0 N–H and O–H groups in total. The van der Waals surface area contributed by atoms with Crippen molar-refractivity contribution in [3.63, 3.8) is 0 Å². The van der Waals surface area contributed by atoms with Crippen molar-refractivity contribution >= 4 is 0 Å². The topological polar surface area (TPSA) is 27.7 Å². The fraction of sp³-hybridized carbons (Fsp3) is 1.00. The first kappa shape index (κ1) is 12.9. The highest BCUT2D eigenvalue weighted by atomic mass is 16.7. The Bertz CT molecular complexity index is 160. The smallest absolute Gasteiger partial charge is 0.173 e. The van der Waals surface area contributed by atoms with E-state index in [1.165, 1.54) is 12.8 Å². The molecule has 0 aromatic rings. The average Bonchev–Trinajstić information content (AvgIpc) is 3.02. The number of hydrogen-bond acceptors (Lipinski definition) is 3. The van der Waals surface area contributed by atoms with Gasteiger partial charge in [-0.25, -0.2) is 0 Å². The Kier molecular flexibility index (Phi) is 5.58. The van der Waals surface area contributed by atoms with Crippen LogP contribution < -0.4 is 0 Å². The molecule has 1 fully saturated rings. The molecule has 0 saturated heterocycles. The summed E-state index contributed by atoms with van der Waals surface area (Å²) < 4.78 is 17.1. The van der Waals surface area contributed by atoms with Gasteiger partial charge in [0.1, 0.15) is 0 Å². The lowest BCUT2D eigenvalue weighted by Crippen LogP contribution is -2.40. The summed E-state index contributed by atoms with van der Waals surface area (Å²) in [7, 11) is 0. The third kappa shape index (κ3) is 3.74. The van der Waals surface area contributed by atoms with E-state index in [1.807, 2.05) is 20.8 Å². The molecule has 0 heterocycles. The van der Waals surface area contributed by atoms with Crippen LogP contribution in [0.15, 0.2) is 0 Å². The second-order valence-electron chi connectivity index (χ2n) is 3.90. The Morgan fingerprint density at radius 2 is 1.60 bits per heavy atom. The maximum Gasteiger partial charge on any atom is 0.173 e. The molecule has 0 aromatic heterocycles. The number of rotatable bonds is 9. The van der Waals surface area contributed by atoms with Crippen molar-refractivity contribution in [2.75, 3.05) is 26.4 Å². The molecule has 1 aliphatic rings. The van der Waals surface area contributed by atoms with Gasteiger partial charge in [-0.15, -0.1) is 0 Å². The van der Waals surface area contributed by atoms with Crippen LogP contribution in [0.25, 0.3) is 0 Å². The minimum Gasteiger partial charge on any atom is -0.382 e. The van der Waals surface area contributed by atoms with Crippen LogP contribution in [0.4, 0.5) is 0 Å². The van der Waals surface area contributed by atoms with Crippen LogP contribution in [-0.2, 0) is 14.2 Å². The average molecular weight is 216 g/mol. The van der Waals surface area contributed by atoms with Gasteiger partial charge >= 0.3 is 0 Å². The van der Waals surface area contributed by atoms with Crippen LogP contribution in [0.5, 0.6) is 0 Å². The molecule has 0 radical (unpaired) electrons. The lowest BCUT2D eigenvalue weighted by atomic mass is 10.1. The van der Waals surface area contributed by atoms with Gasteiger partial charge in [-0.05, 0) is 33.6 Å². The van der Waals surface area contributed by atoms with E-state index in [4.69, 9.17) is 14.2 Å². The van der Waals surface area contributed by atoms with Crippen molar-refractivity contribution in [3.05, 3.63) is 0 Å². The van der Waals surface area contributed by atoms with Crippen molar-refractivity contribution < 1.29 is 14.2 Å². The summed E-state index contributed by atoms with van der Waals surface area (Å²) in [5, 5.41) is 0. The van der Waals surface area contributed by atoms with Gasteiger partial charge in [-0.2, -0.15) is 0 Å². The molecule has 0 atom stereocenters. The van der Waals surface area contributed by atoms with Gasteiger partial charge in [-0.1, -0.05) is 0 Å². The summed E-state index contributed by atoms with van der Waals surface area (Å²) in [5.41, 5.74) is 0. The van der Waals surface area contributed by atoms with Crippen LogP contribution in [0, 0.1) is 5.92 Å². The lowest BCUT2D eigenvalue weighted by Gasteiger charge is -2.33. The molecular formula is C12H24O3. The molecule has 0 aromatic carbocycles. The monoisotopic (exact) mass is 216 g/mol. The summed E-state index contributed by atoms with van der Waals surface area (Å²) in [6.45, 7) is 8.98. The van der Waals surface area contributed by atoms with Crippen LogP contribution in [0.1, 0.15) is 40.0 Å². The predicted octanol–water partition coefficient (Wildman–Crippen LogP) is 2.59. The van der Waals surface area contributed by atoms with Crippen molar-refractivity contribution in [2.45, 2.75) is 45.8 Å². The van der Waals surface area contributed by atoms with Crippen LogP contribution >= 0.6 is 0 Å². The quantitative estimate of drug-likeness (QED) is 0.438. The third-order valence-corrected chi connectivity index (χ3v) is 2.78. The Morgan fingerprint density at radius 1 is 1.00 bits per heavy atom. The van der Waals surface area contributed by atoms with Gasteiger partial charge in [0.2, 0.25) is 0 Å². The first-order valence-corrected chi connectivity index (χ1v) is 6.14. The molecule has 0 aliphatic heterocycles. The Labute approximate surface area is 93.1 Å². The summed E-state index contributed by atoms with van der Waals surface area (Å²) in [6, 6.07) is 0. The van der Waals surface area contributed by atoms with Gasteiger partial charge < -0.3 is 14.2 Å². The maximum atomic E-state index is 5.84. The fourth-order valence-corrected chi connectivity index (χ4v) is 2.00. The molecule has 0 unspecified atom stereocenters. The van der Waals surface area contributed by atoms with Gasteiger partial charge in [0.15, 0.2) is 5.79 Å². The van der Waals surface area contributed by atoms with Gasteiger partial charge in [0.25, 0.3) is 0 Å². The van der Waals surface area contributed by atoms with Gasteiger partial charge in [0.05, 0.1) is 6.61 Å². The predicted molar refractivity (Wildman–Crippen MR) is 59.8 cm³/mol. The summed E-state index contributed by atoms with van der Waals surface area (Å²) in [4.78, 5) is 0. The van der Waals surface area contributed by atoms with Crippen molar-refractivity contribution in [3.8, 4) is 0 Å². The van der Waals surface area contributed by atoms with E-state index < -0.39 is 0 Å². The van der Waals surface area contributed by atoms with Crippen molar-refractivity contribution in [1.82, 2.24) is 0 Å². The second-order valence-corrected chi connectivity index (χ2v) is 3.90. The number of ether oxygens (including phenoxy) is 3. The molecule has 3 nitrogen and oxygen atoms in total. The van der Waals surface area contributed by atoms with Gasteiger partial charge in [0, 0.05) is 32.2 Å². The van der Waals surface area contributed by atoms with Crippen molar-refractivity contribution in [1.29, 1.82) is 0 Å². The Hall–Kier alpha value is -0.120. The van der Waals surface area contributed by atoms with Crippen LogP contribution in [0.3, 0.4) is 0 Å². The first-order chi connectivity index (χ1) is 7.29. The molecular weight excluding hydrogens is 192 g/mol. The molecule has 1 rings (SSSR count). The zero-order chi connectivity index (χ0) is 11.1. The SMILES string of the molecule is CCOCCC(OCC)(OCC)C1CC1. The lowest BCUT2D eigenvalue weighted by molar-refractivity contribution is -0.254. The van der Waals surface area contributed by atoms with Crippen molar-refractivity contribution in [2.24, 2.45) is 5.92 Å². The van der Waals surface area contributed by atoms with E-state index in [1.54, 1.807) is 0 Å². The molecule has 15 heavy (non-hydrogen) atoms. The minimum absolute atomic E-state index is 0.362. The third-order valence-electron chi connectivity index (χ3n) is 2.78. The maximum absolute atomic E-state index is 5.84. The molecule has 3 heteroatoms. The van der Waals surface area contributed by atoms with E-state index in [0.717, 1.165) is 19.6 Å². The molecule has 1 aliphatic carbocycles. The Balaban J connectivity index is 2.46. The Morgan fingerprint density at radius 3 is 2.00 bits per heavy atom. The molecule has 0 spiro atoms. The molecule has 0 bridgehead atoms. The first-order valence-electron chi connectivity index (χ1n) is 6.14.